The highest BCUT2D eigenvalue weighted by Gasteiger charge is 2.58. The molecule has 1 saturated carbocycles. The number of rotatable bonds is 0. The summed E-state index contributed by atoms with van der Waals surface area (Å²) in [5, 5.41) is 14.4. The number of aliphatic hydroxyl groups is 1. The zero-order chi connectivity index (χ0) is 14.0. The molecule has 1 unspecified atom stereocenters. The Morgan fingerprint density at radius 1 is 1.45 bits per heavy atom. The third-order valence-corrected chi connectivity index (χ3v) is 6.14. The van der Waals surface area contributed by atoms with Crippen LogP contribution in [0.5, 0.6) is 0 Å². The SMILES string of the molecule is CC1(O)CC=CC2=C1C[C@H]1NCC[C@@]23C(=O)CCC[C@@H]13. The summed E-state index contributed by atoms with van der Waals surface area (Å²) in [6.07, 6.45) is 9.62. The van der Waals surface area contributed by atoms with Crippen molar-refractivity contribution in [3.63, 3.8) is 0 Å². The van der Waals surface area contributed by atoms with Gasteiger partial charge in [-0.25, -0.2) is 0 Å². The van der Waals surface area contributed by atoms with E-state index in [1.807, 2.05) is 6.92 Å². The minimum Gasteiger partial charge on any atom is -0.385 e. The van der Waals surface area contributed by atoms with Crippen molar-refractivity contribution in [3.8, 4) is 0 Å². The Kier molecular flexibility index (Phi) is 2.59. The highest BCUT2D eigenvalue weighted by Crippen LogP contribution is 2.58. The van der Waals surface area contributed by atoms with E-state index in [0.717, 1.165) is 44.2 Å². The largest absolute Gasteiger partial charge is 0.385 e. The average molecular weight is 273 g/mol. The maximum atomic E-state index is 12.8. The van der Waals surface area contributed by atoms with E-state index >= 15 is 0 Å². The Labute approximate surface area is 120 Å². The first kappa shape index (κ1) is 12.8. The molecule has 1 saturated heterocycles. The van der Waals surface area contributed by atoms with Gasteiger partial charge in [-0.05, 0) is 62.6 Å². The molecule has 3 nitrogen and oxygen atoms in total. The predicted octanol–water partition coefficient (Wildman–Crippen LogP) is 2.12. The Bertz CT molecular complexity index is 531. The molecule has 3 heteroatoms. The van der Waals surface area contributed by atoms with Gasteiger partial charge in [-0.3, -0.25) is 4.79 Å². The van der Waals surface area contributed by atoms with Gasteiger partial charge in [-0.1, -0.05) is 12.2 Å². The maximum Gasteiger partial charge on any atom is 0.143 e. The molecule has 3 aliphatic carbocycles. The molecule has 20 heavy (non-hydrogen) atoms. The Balaban J connectivity index is 1.94. The van der Waals surface area contributed by atoms with Gasteiger partial charge >= 0.3 is 0 Å². The number of carbonyl (C=O) groups is 1. The summed E-state index contributed by atoms with van der Waals surface area (Å²) in [6, 6.07) is 0.379. The van der Waals surface area contributed by atoms with Crippen molar-refractivity contribution in [2.75, 3.05) is 6.54 Å². The molecule has 4 atom stereocenters. The molecule has 1 aliphatic heterocycles. The van der Waals surface area contributed by atoms with Crippen LogP contribution >= 0.6 is 0 Å². The summed E-state index contributed by atoms with van der Waals surface area (Å²) in [7, 11) is 0. The topological polar surface area (TPSA) is 49.3 Å². The second-order valence-electron chi connectivity index (χ2n) is 7.18. The first-order valence-corrected chi connectivity index (χ1v) is 7.95. The number of hydrogen-bond acceptors (Lipinski definition) is 3. The fraction of sp³-hybridized carbons (Fsp3) is 0.706. The van der Waals surface area contributed by atoms with Gasteiger partial charge in [0.25, 0.3) is 0 Å². The minimum atomic E-state index is -0.767. The average Bonchev–Trinajstić information content (AvgIpc) is 2.40. The van der Waals surface area contributed by atoms with Crippen LogP contribution in [0, 0.1) is 11.3 Å². The summed E-state index contributed by atoms with van der Waals surface area (Å²) >= 11 is 0. The molecule has 0 spiro atoms. The van der Waals surface area contributed by atoms with E-state index in [0.29, 0.717) is 24.2 Å². The lowest BCUT2D eigenvalue weighted by atomic mass is 9.50. The smallest absolute Gasteiger partial charge is 0.143 e. The number of piperidine rings is 1. The van der Waals surface area contributed by atoms with Gasteiger partial charge in [-0.15, -0.1) is 0 Å². The van der Waals surface area contributed by atoms with E-state index < -0.39 is 5.60 Å². The lowest BCUT2D eigenvalue weighted by Crippen LogP contribution is -2.61. The second kappa shape index (κ2) is 4.05. The number of nitrogens with one attached hydrogen (secondary N) is 1. The van der Waals surface area contributed by atoms with Gasteiger partial charge in [-0.2, -0.15) is 0 Å². The zero-order valence-corrected chi connectivity index (χ0v) is 12.1. The lowest BCUT2D eigenvalue weighted by Gasteiger charge is -2.57. The first-order valence-electron chi connectivity index (χ1n) is 7.95. The molecule has 2 N–H and O–H groups in total. The van der Waals surface area contributed by atoms with Crippen LogP contribution in [0.15, 0.2) is 23.3 Å². The van der Waals surface area contributed by atoms with Crippen molar-refractivity contribution in [3.05, 3.63) is 23.3 Å². The third-order valence-electron chi connectivity index (χ3n) is 6.14. The van der Waals surface area contributed by atoms with Crippen molar-refractivity contribution < 1.29 is 9.90 Å². The number of ketones is 1. The zero-order valence-electron chi connectivity index (χ0n) is 12.1. The molecule has 4 rings (SSSR count). The molecule has 2 bridgehead atoms. The van der Waals surface area contributed by atoms with Crippen LogP contribution in [-0.2, 0) is 4.79 Å². The van der Waals surface area contributed by atoms with Gasteiger partial charge in [0.2, 0.25) is 0 Å². The molecule has 0 aromatic rings. The maximum absolute atomic E-state index is 12.8. The minimum absolute atomic E-state index is 0.289. The number of carbonyl (C=O) groups excluding carboxylic acids is 1. The molecular formula is C17H23NO2. The number of Topliss-reactive ketones (excluding diaryl/α,β-unsaturated/α-hetero) is 1. The molecule has 0 aromatic heterocycles. The third kappa shape index (κ3) is 1.45. The van der Waals surface area contributed by atoms with Crippen LogP contribution in [0.25, 0.3) is 0 Å². The van der Waals surface area contributed by atoms with E-state index in [9.17, 15) is 9.90 Å². The lowest BCUT2D eigenvalue weighted by molar-refractivity contribution is -0.136. The van der Waals surface area contributed by atoms with Crippen molar-refractivity contribution in [2.45, 2.75) is 57.1 Å². The van der Waals surface area contributed by atoms with Crippen LogP contribution < -0.4 is 5.32 Å². The molecular weight excluding hydrogens is 250 g/mol. The van der Waals surface area contributed by atoms with Crippen molar-refractivity contribution in [1.29, 1.82) is 0 Å². The van der Waals surface area contributed by atoms with Crippen LogP contribution in [0.3, 0.4) is 0 Å². The predicted molar refractivity (Wildman–Crippen MR) is 77.2 cm³/mol. The normalized spacial score (nSPS) is 47.0. The van der Waals surface area contributed by atoms with Crippen LogP contribution in [0.2, 0.25) is 0 Å². The van der Waals surface area contributed by atoms with Gasteiger partial charge in [0.1, 0.15) is 5.78 Å². The Morgan fingerprint density at radius 3 is 3.15 bits per heavy atom. The van der Waals surface area contributed by atoms with E-state index in [-0.39, 0.29) is 5.41 Å². The Hall–Kier alpha value is -0.930. The van der Waals surface area contributed by atoms with Crippen LogP contribution in [-0.4, -0.2) is 29.1 Å². The molecule has 1 heterocycles. The summed E-state index contributed by atoms with van der Waals surface area (Å²) in [4.78, 5) is 12.8. The number of allylic oxidation sites excluding steroid dienone is 2. The van der Waals surface area contributed by atoms with E-state index in [4.69, 9.17) is 0 Å². The molecule has 4 aliphatic rings. The van der Waals surface area contributed by atoms with Gasteiger partial charge in [0.15, 0.2) is 0 Å². The summed E-state index contributed by atoms with van der Waals surface area (Å²) in [6.45, 7) is 2.84. The summed E-state index contributed by atoms with van der Waals surface area (Å²) in [5.41, 5.74) is 1.25. The van der Waals surface area contributed by atoms with Crippen LogP contribution in [0.1, 0.15) is 45.4 Å². The van der Waals surface area contributed by atoms with Crippen molar-refractivity contribution in [1.82, 2.24) is 5.32 Å². The first-order chi connectivity index (χ1) is 9.56. The van der Waals surface area contributed by atoms with Crippen LogP contribution in [0.4, 0.5) is 0 Å². The molecule has 0 amide bonds. The monoisotopic (exact) mass is 273 g/mol. The van der Waals surface area contributed by atoms with Gasteiger partial charge < -0.3 is 10.4 Å². The fourth-order valence-corrected chi connectivity index (χ4v) is 5.21. The summed E-state index contributed by atoms with van der Waals surface area (Å²) in [5.74, 6) is 0.865. The van der Waals surface area contributed by atoms with Crippen molar-refractivity contribution >= 4 is 5.78 Å². The van der Waals surface area contributed by atoms with Gasteiger partial charge in [0, 0.05) is 12.5 Å². The van der Waals surface area contributed by atoms with E-state index in [1.165, 1.54) is 5.57 Å². The summed E-state index contributed by atoms with van der Waals surface area (Å²) < 4.78 is 0. The fourth-order valence-electron chi connectivity index (χ4n) is 5.21. The Morgan fingerprint density at radius 2 is 2.30 bits per heavy atom. The standard InChI is InChI=1S/C17H23NO2/c1-16(20)7-3-5-11-13(16)10-14-12-4-2-6-15(19)17(11,12)8-9-18-14/h3,5,12,14,18,20H,2,4,6-10H2,1H3/t12-,14+,16?,17+/m0/s1. The van der Waals surface area contributed by atoms with Gasteiger partial charge in [0.05, 0.1) is 11.0 Å². The highest BCUT2D eigenvalue weighted by molar-refractivity contribution is 5.91. The van der Waals surface area contributed by atoms with E-state index in [2.05, 4.69) is 17.5 Å². The second-order valence-corrected chi connectivity index (χ2v) is 7.18. The highest BCUT2D eigenvalue weighted by atomic mass is 16.3. The molecule has 0 radical (unpaired) electrons. The molecule has 0 aromatic carbocycles. The van der Waals surface area contributed by atoms with Crippen molar-refractivity contribution in [2.24, 2.45) is 11.3 Å². The molecule has 2 fully saturated rings. The molecule has 108 valence electrons. The van der Waals surface area contributed by atoms with E-state index in [1.54, 1.807) is 0 Å². The number of hydrogen-bond donors (Lipinski definition) is 2. The quantitative estimate of drug-likeness (QED) is 0.711.